The van der Waals surface area contributed by atoms with E-state index in [9.17, 15) is 13.2 Å². The Morgan fingerprint density at radius 1 is 1.10 bits per heavy atom. The zero-order valence-corrected chi connectivity index (χ0v) is 17.1. The molecule has 1 aromatic heterocycles. The lowest BCUT2D eigenvalue weighted by Gasteiger charge is -2.15. The monoisotopic (exact) mass is 413 g/mol. The van der Waals surface area contributed by atoms with E-state index in [-0.39, 0.29) is 29.8 Å². The second-order valence-corrected chi connectivity index (χ2v) is 8.45. The zero-order chi connectivity index (χ0) is 20.9. The number of nitrogens with one attached hydrogen (secondary N) is 2. The summed E-state index contributed by atoms with van der Waals surface area (Å²) >= 11 is 0. The Balaban J connectivity index is 1.49. The number of carbonyl (C=O) groups is 1. The minimum atomic E-state index is -3.62. The van der Waals surface area contributed by atoms with Crippen molar-refractivity contribution in [2.75, 3.05) is 6.54 Å². The van der Waals surface area contributed by atoms with Crippen LogP contribution in [0.1, 0.15) is 30.5 Å². The lowest BCUT2D eigenvalue weighted by Crippen LogP contribution is -2.32. The van der Waals surface area contributed by atoms with Crippen molar-refractivity contribution in [3.8, 4) is 5.69 Å². The van der Waals surface area contributed by atoms with Crippen molar-refractivity contribution >= 4 is 15.9 Å². The molecule has 2 N–H and O–H groups in total. The third-order valence-corrected chi connectivity index (χ3v) is 5.91. The quantitative estimate of drug-likeness (QED) is 0.588. The Bertz CT molecular complexity index is 1050. The fraction of sp³-hybridized carbons (Fsp3) is 0.250. The topological polar surface area (TPSA) is 106 Å². The van der Waals surface area contributed by atoms with Gasteiger partial charge in [-0.3, -0.25) is 4.79 Å². The van der Waals surface area contributed by atoms with Crippen LogP contribution >= 0.6 is 0 Å². The molecule has 9 heteroatoms. The average molecular weight is 414 g/mol. The van der Waals surface area contributed by atoms with Gasteiger partial charge < -0.3 is 5.32 Å². The number of hydrogen-bond acceptors (Lipinski definition) is 5. The summed E-state index contributed by atoms with van der Waals surface area (Å²) in [6.07, 6.45) is 3.12. The van der Waals surface area contributed by atoms with Crippen molar-refractivity contribution in [2.45, 2.75) is 31.2 Å². The predicted molar refractivity (Wildman–Crippen MR) is 109 cm³/mol. The normalized spacial score (nSPS) is 12.5. The minimum Gasteiger partial charge on any atom is -0.350 e. The summed E-state index contributed by atoms with van der Waals surface area (Å²) in [6, 6.07) is 13.9. The highest BCUT2D eigenvalue weighted by Crippen LogP contribution is 2.15. The van der Waals surface area contributed by atoms with Gasteiger partial charge in [0.25, 0.3) is 0 Å². The second-order valence-electron chi connectivity index (χ2n) is 6.68. The van der Waals surface area contributed by atoms with Gasteiger partial charge in [0.2, 0.25) is 15.9 Å². The van der Waals surface area contributed by atoms with E-state index in [0.29, 0.717) is 0 Å². The van der Waals surface area contributed by atoms with Gasteiger partial charge in [0.15, 0.2) is 0 Å². The fourth-order valence-electron chi connectivity index (χ4n) is 2.75. The Kier molecular flexibility index (Phi) is 6.40. The molecule has 1 amide bonds. The molecule has 0 fully saturated rings. The third-order valence-electron chi connectivity index (χ3n) is 4.43. The van der Waals surface area contributed by atoms with Gasteiger partial charge in [-0.15, -0.1) is 0 Å². The molecule has 0 spiro atoms. The van der Waals surface area contributed by atoms with Crippen molar-refractivity contribution in [2.24, 2.45) is 0 Å². The first-order chi connectivity index (χ1) is 13.8. The first-order valence-corrected chi connectivity index (χ1v) is 10.6. The highest BCUT2D eigenvalue weighted by molar-refractivity contribution is 7.89. The Labute approximate surface area is 170 Å². The molecule has 3 rings (SSSR count). The Morgan fingerprint density at radius 3 is 2.41 bits per heavy atom. The maximum absolute atomic E-state index is 12.2. The van der Waals surface area contributed by atoms with Crippen LogP contribution in [0.3, 0.4) is 0 Å². The molecule has 29 heavy (non-hydrogen) atoms. The summed E-state index contributed by atoms with van der Waals surface area (Å²) in [4.78, 5) is 16.3. The number of carbonyl (C=O) groups excluding carboxylic acids is 1. The number of sulfonamides is 1. The molecule has 1 unspecified atom stereocenters. The van der Waals surface area contributed by atoms with Crippen molar-refractivity contribution in [3.05, 3.63) is 72.3 Å². The standard InChI is InChI=1S/C20H23N5O3S/c1-15-3-9-19(10-4-15)29(27,28)23-12-11-20(26)24-16(2)17-5-7-18(8-6-17)25-14-21-13-22-25/h3-10,13-14,16,23H,11-12H2,1-2H3,(H,24,26). The van der Waals surface area contributed by atoms with E-state index in [2.05, 4.69) is 20.1 Å². The molecule has 0 radical (unpaired) electrons. The van der Waals surface area contributed by atoms with Crippen molar-refractivity contribution < 1.29 is 13.2 Å². The number of nitrogens with zero attached hydrogens (tertiary/aromatic N) is 3. The maximum atomic E-state index is 12.2. The van der Waals surface area contributed by atoms with Crippen LogP contribution < -0.4 is 10.0 Å². The van der Waals surface area contributed by atoms with Gasteiger partial charge in [0.05, 0.1) is 16.6 Å². The van der Waals surface area contributed by atoms with E-state index < -0.39 is 10.0 Å². The molecule has 1 heterocycles. The largest absolute Gasteiger partial charge is 0.350 e. The molecule has 0 aliphatic rings. The molecule has 0 aliphatic carbocycles. The predicted octanol–water partition coefficient (Wildman–Crippen LogP) is 2.12. The van der Waals surface area contributed by atoms with E-state index in [1.807, 2.05) is 38.1 Å². The number of aryl methyl sites for hydroxylation is 1. The molecule has 1 atom stereocenters. The molecular weight excluding hydrogens is 390 g/mol. The number of rotatable bonds is 8. The zero-order valence-electron chi connectivity index (χ0n) is 16.2. The van der Waals surface area contributed by atoms with Crippen LogP contribution in [0.25, 0.3) is 5.69 Å². The summed E-state index contributed by atoms with van der Waals surface area (Å²) in [6.45, 7) is 3.79. The van der Waals surface area contributed by atoms with E-state index in [1.165, 1.54) is 6.33 Å². The van der Waals surface area contributed by atoms with Gasteiger partial charge in [-0.25, -0.2) is 22.8 Å². The summed E-state index contributed by atoms with van der Waals surface area (Å²) in [5.74, 6) is -0.232. The van der Waals surface area contributed by atoms with Gasteiger partial charge in [-0.1, -0.05) is 29.8 Å². The maximum Gasteiger partial charge on any atom is 0.240 e. The van der Waals surface area contributed by atoms with E-state index in [0.717, 1.165) is 16.8 Å². The van der Waals surface area contributed by atoms with Gasteiger partial charge in [0, 0.05) is 13.0 Å². The van der Waals surface area contributed by atoms with Gasteiger partial charge >= 0.3 is 0 Å². The lowest BCUT2D eigenvalue weighted by atomic mass is 10.1. The van der Waals surface area contributed by atoms with Crippen molar-refractivity contribution in [1.82, 2.24) is 24.8 Å². The van der Waals surface area contributed by atoms with Crippen LogP contribution in [0.15, 0.2) is 66.1 Å². The van der Waals surface area contributed by atoms with Crippen LogP contribution in [0.4, 0.5) is 0 Å². The summed E-state index contributed by atoms with van der Waals surface area (Å²) in [5.41, 5.74) is 2.78. The van der Waals surface area contributed by atoms with Crippen molar-refractivity contribution in [1.29, 1.82) is 0 Å². The lowest BCUT2D eigenvalue weighted by molar-refractivity contribution is -0.121. The number of benzene rings is 2. The van der Waals surface area contributed by atoms with Crippen LogP contribution in [0.5, 0.6) is 0 Å². The average Bonchev–Trinajstić information content (AvgIpc) is 3.23. The van der Waals surface area contributed by atoms with Gasteiger partial charge in [-0.2, -0.15) is 5.10 Å². The number of hydrogen-bond donors (Lipinski definition) is 2. The van der Waals surface area contributed by atoms with E-state index in [4.69, 9.17) is 0 Å². The number of amides is 1. The highest BCUT2D eigenvalue weighted by Gasteiger charge is 2.15. The molecule has 8 nitrogen and oxygen atoms in total. The first kappa shape index (κ1) is 20.7. The molecule has 0 bridgehead atoms. The molecular formula is C20H23N5O3S. The summed E-state index contributed by atoms with van der Waals surface area (Å²) < 4.78 is 28.6. The summed E-state index contributed by atoms with van der Waals surface area (Å²) in [5, 5.41) is 6.94. The second kappa shape index (κ2) is 8.97. The first-order valence-electron chi connectivity index (χ1n) is 9.16. The number of aromatic nitrogens is 3. The van der Waals surface area contributed by atoms with E-state index >= 15 is 0 Å². The molecule has 0 aliphatic heterocycles. The SMILES string of the molecule is Cc1ccc(S(=O)(=O)NCCC(=O)NC(C)c2ccc(-n3cncn3)cc2)cc1. The fourth-order valence-corrected chi connectivity index (χ4v) is 3.79. The van der Waals surface area contributed by atoms with Gasteiger partial charge in [-0.05, 0) is 43.7 Å². The Hall–Kier alpha value is -3.04. The molecule has 2 aromatic carbocycles. The summed E-state index contributed by atoms with van der Waals surface area (Å²) in [7, 11) is -3.62. The van der Waals surface area contributed by atoms with Crippen LogP contribution in [-0.4, -0.2) is 35.6 Å². The van der Waals surface area contributed by atoms with Crippen molar-refractivity contribution in [3.63, 3.8) is 0 Å². The van der Waals surface area contributed by atoms with Crippen LogP contribution in [0, 0.1) is 6.92 Å². The van der Waals surface area contributed by atoms with Crippen LogP contribution in [-0.2, 0) is 14.8 Å². The van der Waals surface area contributed by atoms with Gasteiger partial charge in [0.1, 0.15) is 12.7 Å². The van der Waals surface area contributed by atoms with Crippen LogP contribution in [0.2, 0.25) is 0 Å². The highest BCUT2D eigenvalue weighted by atomic mass is 32.2. The smallest absolute Gasteiger partial charge is 0.240 e. The molecule has 0 saturated heterocycles. The van der Waals surface area contributed by atoms with E-state index in [1.54, 1.807) is 35.3 Å². The molecule has 0 saturated carbocycles. The Morgan fingerprint density at radius 2 is 1.79 bits per heavy atom. The molecule has 152 valence electrons. The molecule has 3 aromatic rings. The third kappa shape index (κ3) is 5.49. The minimum absolute atomic E-state index is 0.0278.